The van der Waals surface area contributed by atoms with E-state index in [1.165, 1.54) is 30.5 Å². The van der Waals surface area contributed by atoms with Gasteiger partial charge in [0.2, 0.25) is 0 Å². The summed E-state index contributed by atoms with van der Waals surface area (Å²) in [5, 5.41) is 6.20. The molecular weight excluding hydrogens is 535 g/mol. The van der Waals surface area contributed by atoms with Crippen molar-refractivity contribution >= 4 is 63.3 Å². The number of anilines is 1. The molecular formula is C20H16Cl3F2N5O3S. The zero-order valence-electron chi connectivity index (χ0n) is 17.3. The smallest absolute Gasteiger partial charge is 0.282 e. The molecule has 0 aliphatic rings. The molecule has 0 saturated heterocycles. The molecule has 180 valence electrons. The van der Waals surface area contributed by atoms with Gasteiger partial charge in [0.15, 0.2) is 5.82 Å². The van der Waals surface area contributed by atoms with Crippen molar-refractivity contribution < 1.29 is 22.6 Å². The molecule has 3 rings (SSSR count). The SMILES string of the molecule is CCCS(=O)NC(=O)c1cc(Cl)cc(Cl)c1NC(=O)c1cc(C(F)F)nn1-c1ncccc1Cl. The van der Waals surface area contributed by atoms with E-state index >= 15 is 0 Å². The second kappa shape index (κ2) is 11.2. The number of nitrogens with zero attached hydrogens (tertiary/aromatic N) is 3. The fourth-order valence-electron chi connectivity index (χ4n) is 2.81. The van der Waals surface area contributed by atoms with Gasteiger partial charge in [0, 0.05) is 17.0 Å². The summed E-state index contributed by atoms with van der Waals surface area (Å²) < 4.78 is 41.8. The molecule has 14 heteroatoms. The van der Waals surface area contributed by atoms with Crippen LogP contribution in [-0.2, 0) is 11.0 Å². The Hall–Kier alpha value is -2.60. The largest absolute Gasteiger partial charge is 0.319 e. The van der Waals surface area contributed by atoms with Gasteiger partial charge in [-0.1, -0.05) is 41.7 Å². The zero-order valence-corrected chi connectivity index (χ0v) is 20.4. The van der Waals surface area contributed by atoms with Gasteiger partial charge in [-0.05, 0) is 36.8 Å². The lowest BCUT2D eigenvalue weighted by molar-refractivity contribution is 0.0983. The highest BCUT2D eigenvalue weighted by Gasteiger charge is 2.25. The molecule has 3 aromatic rings. The van der Waals surface area contributed by atoms with Crippen molar-refractivity contribution in [3.05, 3.63) is 68.5 Å². The highest BCUT2D eigenvalue weighted by Crippen LogP contribution is 2.32. The maximum atomic E-state index is 13.4. The Kier molecular flexibility index (Phi) is 8.58. The minimum atomic E-state index is -2.98. The Balaban J connectivity index is 2.03. The predicted octanol–water partition coefficient (Wildman–Crippen LogP) is 5.22. The van der Waals surface area contributed by atoms with E-state index in [-0.39, 0.29) is 43.6 Å². The van der Waals surface area contributed by atoms with Crippen LogP contribution in [0.15, 0.2) is 36.5 Å². The van der Waals surface area contributed by atoms with Crippen LogP contribution in [0.25, 0.3) is 5.82 Å². The number of hydrogen-bond donors (Lipinski definition) is 2. The molecule has 0 bridgehead atoms. The van der Waals surface area contributed by atoms with E-state index in [0.29, 0.717) is 6.42 Å². The number of nitrogens with one attached hydrogen (secondary N) is 2. The summed E-state index contributed by atoms with van der Waals surface area (Å²) in [5.74, 6) is -1.59. The fraction of sp³-hybridized carbons (Fsp3) is 0.200. The minimum Gasteiger partial charge on any atom is -0.319 e. The predicted molar refractivity (Wildman–Crippen MR) is 127 cm³/mol. The number of pyridine rings is 1. The van der Waals surface area contributed by atoms with E-state index in [0.717, 1.165) is 10.7 Å². The molecule has 8 nitrogen and oxygen atoms in total. The minimum absolute atomic E-state index is 0.0588. The maximum absolute atomic E-state index is 13.4. The van der Waals surface area contributed by atoms with Gasteiger partial charge in [0.05, 0.1) is 21.3 Å². The van der Waals surface area contributed by atoms with Crippen LogP contribution in [0.1, 0.15) is 46.3 Å². The van der Waals surface area contributed by atoms with E-state index in [1.807, 2.05) is 0 Å². The van der Waals surface area contributed by atoms with Crippen molar-refractivity contribution in [3.63, 3.8) is 0 Å². The molecule has 0 spiro atoms. The number of amides is 2. The van der Waals surface area contributed by atoms with Gasteiger partial charge < -0.3 is 5.32 Å². The molecule has 2 heterocycles. The average molecular weight is 551 g/mol. The third kappa shape index (κ3) is 5.90. The number of aromatic nitrogens is 3. The lowest BCUT2D eigenvalue weighted by Crippen LogP contribution is -2.29. The lowest BCUT2D eigenvalue weighted by Gasteiger charge is -2.14. The van der Waals surface area contributed by atoms with Crippen molar-refractivity contribution in [1.29, 1.82) is 0 Å². The van der Waals surface area contributed by atoms with Gasteiger partial charge in [-0.25, -0.2) is 22.7 Å². The summed E-state index contributed by atoms with van der Waals surface area (Å²) in [5.41, 5.74) is -1.38. The second-order valence-corrected chi connectivity index (χ2v) is 9.28. The van der Waals surface area contributed by atoms with Crippen molar-refractivity contribution in [3.8, 4) is 5.82 Å². The molecule has 0 fully saturated rings. The third-order valence-electron chi connectivity index (χ3n) is 4.26. The molecule has 2 amide bonds. The number of benzene rings is 1. The Morgan fingerprint density at radius 1 is 1.15 bits per heavy atom. The van der Waals surface area contributed by atoms with Gasteiger partial charge in [-0.2, -0.15) is 5.10 Å². The Morgan fingerprint density at radius 3 is 2.53 bits per heavy atom. The van der Waals surface area contributed by atoms with Crippen LogP contribution in [-0.4, -0.2) is 36.5 Å². The van der Waals surface area contributed by atoms with Crippen molar-refractivity contribution in [2.45, 2.75) is 19.8 Å². The molecule has 0 radical (unpaired) electrons. The number of halogens is 5. The number of hydrogen-bond acceptors (Lipinski definition) is 5. The summed E-state index contributed by atoms with van der Waals surface area (Å²) in [4.78, 5) is 29.8. The zero-order chi connectivity index (χ0) is 25.0. The summed E-state index contributed by atoms with van der Waals surface area (Å²) in [6.45, 7) is 1.79. The van der Waals surface area contributed by atoms with Gasteiger partial charge in [-0.3, -0.25) is 14.3 Å². The third-order valence-corrected chi connectivity index (χ3v) is 6.26. The molecule has 0 saturated carbocycles. The summed E-state index contributed by atoms with van der Waals surface area (Å²) in [6, 6.07) is 6.33. The molecule has 2 aromatic heterocycles. The topological polar surface area (TPSA) is 106 Å². The first-order valence-electron chi connectivity index (χ1n) is 9.61. The van der Waals surface area contributed by atoms with Gasteiger partial charge in [0.25, 0.3) is 18.2 Å². The number of carbonyl (C=O) groups excluding carboxylic acids is 2. The van der Waals surface area contributed by atoms with Crippen LogP contribution in [0.5, 0.6) is 0 Å². The average Bonchev–Trinajstić information content (AvgIpc) is 3.21. The van der Waals surface area contributed by atoms with Crippen molar-refractivity contribution in [2.75, 3.05) is 11.1 Å². The standard InChI is InChI=1S/C20H16Cl3F2N5O3S/c1-2-6-34(33)29-19(31)11-7-10(21)8-13(23)16(11)27-20(32)15-9-14(17(24)25)28-30(15)18-12(22)4-3-5-26-18/h3-5,7-9,17H,2,6H2,1H3,(H,27,32)(H,29,31). The van der Waals surface area contributed by atoms with Crippen LogP contribution in [0.3, 0.4) is 0 Å². The molecule has 0 aliphatic heterocycles. The molecule has 0 aliphatic carbocycles. The van der Waals surface area contributed by atoms with Gasteiger partial charge in [-0.15, -0.1) is 0 Å². The molecule has 1 unspecified atom stereocenters. The van der Waals surface area contributed by atoms with E-state index in [9.17, 15) is 22.6 Å². The summed E-state index contributed by atoms with van der Waals surface area (Å²) in [7, 11) is -1.67. The first-order valence-corrected chi connectivity index (χ1v) is 12.1. The van der Waals surface area contributed by atoms with Crippen LogP contribution < -0.4 is 10.0 Å². The molecule has 2 N–H and O–H groups in total. The first kappa shape index (κ1) is 26.0. The highest BCUT2D eigenvalue weighted by atomic mass is 35.5. The van der Waals surface area contributed by atoms with Crippen LogP contribution in [0.4, 0.5) is 14.5 Å². The molecule has 1 aromatic carbocycles. The molecule has 34 heavy (non-hydrogen) atoms. The maximum Gasteiger partial charge on any atom is 0.282 e. The van der Waals surface area contributed by atoms with Crippen molar-refractivity contribution in [1.82, 2.24) is 19.5 Å². The van der Waals surface area contributed by atoms with Crippen LogP contribution in [0, 0.1) is 0 Å². The number of carbonyl (C=O) groups is 2. The van der Waals surface area contributed by atoms with E-state index in [4.69, 9.17) is 34.8 Å². The highest BCUT2D eigenvalue weighted by molar-refractivity contribution is 7.83. The van der Waals surface area contributed by atoms with Crippen molar-refractivity contribution in [2.24, 2.45) is 0 Å². The quantitative estimate of drug-likeness (QED) is 0.400. The Morgan fingerprint density at radius 2 is 1.88 bits per heavy atom. The second-order valence-electron chi connectivity index (χ2n) is 6.72. The van der Waals surface area contributed by atoms with Gasteiger partial charge >= 0.3 is 0 Å². The lowest BCUT2D eigenvalue weighted by atomic mass is 10.1. The monoisotopic (exact) mass is 549 g/mol. The Bertz CT molecular complexity index is 1270. The van der Waals surface area contributed by atoms with Gasteiger partial charge in [0.1, 0.15) is 22.4 Å². The van der Waals surface area contributed by atoms with E-state index in [1.54, 1.807) is 6.92 Å². The number of rotatable bonds is 8. The normalized spacial score (nSPS) is 12.0. The number of alkyl halides is 2. The van der Waals surface area contributed by atoms with Crippen LogP contribution >= 0.6 is 34.8 Å². The Labute approximate surface area is 210 Å². The fourth-order valence-corrected chi connectivity index (χ4v) is 4.35. The summed E-state index contributed by atoms with van der Waals surface area (Å²) in [6.07, 6.45) is -1.08. The van der Waals surface area contributed by atoms with E-state index in [2.05, 4.69) is 20.1 Å². The van der Waals surface area contributed by atoms with Crippen LogP contribution in [0.2, 0.25) is 15.1 Å². The summed E-state index contributed by atoms with van der Waals surface area (Å²) >= 11 is 18.3. The molecule has 1 atom stereocenters. The van der Waals surface area contributed by atoms with E-state index < -0.39 is 34.9 Å². The first-order chi connectivity index (χ1) is 16.1.